The largest absolute Gasteiger partial charge is 0.466 e. The molecule has 2 atom stereocenters. The van der Waals surface area contributed by atoms with Crippen molar-refractivity contribution in [3.63, 3.8) is 0 Å². The lowest BCUT2D eigenvalue weighted by Crippen LogP contribution is -2.54. The predicted octanol–water partition coefficient (Wildman–Crippen LogP) is 3.73. The first kappa shape index (κ1) is 28.1. The Hall–Kier alpha value is -2.43. The highest BCUT2D eigenvalue weighted by atomic mass is 32.2. The van der Waals surface area contributed by atoms with Crippen LogP contribution in [0.3, 0.4) is 0 Å². The minimum atomic E-state index is -5.52. The van der Waals surface area contributed by atoms with Crippen LogP contribution in [0.1, 0.15) is 17.4 Å². The molecule has 1 aliphatic rings. The Balaban J connectivity index is 1.90. The summed E-state index contributed by atoms with van der Waals surface area (Å²) in [6.45, 7) is 0.577. The number of alkyl halides is 6. The van der Waals surface area contributed by atoms with Crippen LogP contribution in [0.15, 0.2) is 34.5 Å². The number of rotatable bonds is 5. The van der Waals surface area contributed by atoms with E-state index in [0.29, 0.717) is 19.2 Å². The number of hydrogen-bond acceptors (Lipinski definition) is 7. The number of carbonyl (C=O) groups excluding carboxylic acids is 1. The highest BCUT2D eigenvalue weighted by molar-refractivity contribution is 7.91. The summed E-state index contributed by atoms with van der Waals surface area (Å²) in [6.07, 6.45) is -10.4. The van der Waals surface area contributed by atoms with Gasteiger partial charge in [-0.05, 0) is 37.3 Å². The number of anilines is 1. The number of thiophene rings is 1. The van der Waals surface area contributed by atoms with E-state index in [9.17, 15) is 49.1 Å². The second-order valence-corrected chi connectivity index (χ2v) is 11.1. The summed E-state index contributed by atoms with van der Waals surface area (Å²) in [7, 11) is -3.85. The number of hydrogen-bond donors (Lipinski definition) is 1. The number of esters is 1. The maximum absolute atomic E-state index is 13.5. The van der Waals surface area contributed by atoms with Gasteiger partial charge in [0.15, 0.2) is 0 Å². The second kappa shape index (κ2) is 9.46. The molecule has 0 aliphatic carbocycles. The Kier molecular flexibility index (Phi) is 7.40. The van der Waals surface area contributed by atoms with E-state index in [1.807, 2.05) is 0 Å². The van der Waals surface area contributed by atoms with Crippen molar-refractivity contribution in [2.24, 2.45) is 0 Å². The predicted molar refractivity (Wildman–Crippen MR) is 113 cm³/mol. The zero-order valence-corrected chi connectivity index (χ0v) is 20.2. The van der Waals surface area contributed by atoms with Gasteiger partial charge in [-0.25, -0.2) is 17.6 Å². The topological polar surface area (TPSA) is 87.1 Å². The highest BCUT2D eigenvalue weighted by Gasteiger charge is 2.63. The maximum Gasteiger partial charge on any atom is 0.433 e. The summed E-state index contributed by atoms with van der Waals surface area (Å²) in [5, 5.41) is 10.1. The van der Waals surface area contributed by atoms with Crippen molar-refractivity contribution >= 4 is 33.0 Å². The molecule has 1 aromatic heterocycles. The van der Waals surface area contributed by atoms with Gasteiger partial charge in [0.05, 0.1) is 17.6 Å². The minimum Gasteiger partial charge on any atom is -0.466 e. The molecule has 7 nitrogen and oxygen atoms in total. The van der Waals surface area contributed by atoms with Gasteiger partial charge in [-0.2, -0.15) is 30.6 Å². The zero-order valence-electron chi connectivity index (χ0n) is 18.5. The molecule has 2 aromatic rings. The summed E-state index contributed by atoms with van der Waals surface area (Å²) in [6, 6.07) is 2.59. The van der Waals surface area contributed by atoms with Crippen LogP contribution in [0.5, 0.6) is 0 Å². The minimum absolute atomic E-state index is 0.0131. The van der Waals surface area contributed by atoms with Crippen LogP contribution in [0, 0.1) is 5.82 Å². The first-order valence-electron chi connectivity index (χ1n) is 10.1. The van der Waals surface area contributed by atoms with E-state index in [2.05, 4.69) is 4.74 Å². The number of aliphatic hydroxyl groups is 1. The molecule has 1 N–H and O–H groups in total. The van der Waals surface area contributed by atoms with Crippen LogP contribution in [-0.4, -0.2) is 62.8 Å². The third kappa shape index (κ3) is 4.90. The molecule has 16 heteroatoms. The molecule has 36 heavy (non-hydrogen) atoms. The highest BCUT2D eigenvalue weighted by Crippen LogP contribution is 2.44. The monoisotopic (exact) mass is 564 g/mol. The average Bonchev–Trinajstić information content (AvgIpc) is 3.28. The SMILES string of the molecule is COC(=O)C(O)(c1ccc(S(=O)(=O)N2CCN(c3ccc(F)cc3C(F)(F)F)C[C@H]2C)s1)C(F)(F)F. The number of piperazine rings is 1. The van der Waals surface area contributed by atoms with Crippen LogP contribution in [0.4, 0.5) is 36.4 Å². The fourth-order valence-electron chi connectivity index (χ4n) is 3.80. The molecule has 200 valence electrons. The standard InChI is InChI=1S/C20H19F7N2O5S2/c1-11-10-28(14-4-3-12(21)9-13(14)19(22,23)24)7-8-29(11)36(32,33)16-6-5-15(35-16)18(31,17(30)34-2)20(25,26)27/h3-6,9,11,31H,7-8,10H2,1-2H3/t11-,18?/m1/s1. The molecule has 0 saturated carbocycles. The van der Waals surface area contributed by atoms with Crippen LogP contribution in [0.25, 0.3) is 0 Å². The number of benzene rings is 1. The van der Waals surface area contributed by atoms with Gasteiger partial charge in [0.2, 0.25) is 0 Å². The first-order chi connectivity index (χ1) is 16.4. The Morgan fingerprint density at radius 1 is 1.11 bits per heavy atom. The molecule has 1 unspecified atom stereocenters. The molecule has 1 aliphatic heterocycles. The molecular weight excluding hydrogens is 545 g/mol. The number of ether oxygens (including phenoxy) is 1. The molecule has 0 bridgehead atoms. The van der Waals surface area contributed by atoms with Gasteiger partial charge in [-0.15, -0.1) is 11.3 Å². The Morgan fingerprint density at radius 2 is 1.75 bits per heavy atom. The smallest absolute Gasteiger partial charge is 0.433 e. The third-order valence-corrected chi connectivity index (χ3v) is 9.24. The van der Waals surface area contributed by atoms with Gasteiger partial charge in [0.25, 0.3) is 15.6 Å². The number of nitrogens with zero attached hydrogens (tertiary/aromatic N) is 2. The summed E-state index contributed by atoms with van der Waals surface area (Å²) >= 11 is 0.0131. The van der Waals surface area contributed by atoms with E-state index in [-0.39, 0.29) is 36.7 Å². The lowest BCUT2D eigenvalue weighted by Gasteiger charge is -2.40. The number of methoxy groups -OCH3 is 1. The molecule has 0 spiro atoms. The second-order valence-electron chi connectivity index (χ2n) is 7.89. The van der Waals surface area contributed by atoms with E-state index in [0.717, 1.165) is 22.5 Å². The van der Waals surface area contributed by atoms with Crippen molar-refractivity contribution in [2.45, 2.75) is 35.1 Å². The van der Waals surface area contributed by atoms with Gasteiger partial charge in [0.1, 0.15) is 10.0 Å². The van der Waals surface area contributed by atoms with Crippen molar-refractivity contribution < 1.29 is 53.8 Å². The summed E-state index contributed by atoms with van der Waals surface area (Å²) in [4.78, 5) is 11.9. The van der Waals surface area contributed by atoms with Crippen molar-refractivity contribution in [3.8, 4) is 0 Å². The fraction of sp³-hybridized carbons (Fsp3) is 0.450. The van der Waals surface area contributed by atoms with Crippen molar-refractivity contribution in [2.75, 3.05) is 31.6 Å². The molecule has 0 radical (unpaired) electrons. The quantitative estimate of drug-likeness (QED) is 0.440. The van der Waals surface area contributed by atoms with E-state index in [1.165, 1.54) is 11.8 Å². The number of sulfonamides is 1. The number of carbonyl (C=O) groups is 1. The molecular formula is C20H19F7N2O5S2. The maximum atomic E-state index is 13.5. The Morgan fingerprint density at radius 3 is 2.28 bits per heavy atom. The summed E-state index contributed by atoms with van der Waals surface area (Å²) < 4.78 is 125. The number of halogens is 7. The van der Waals surface area contributed by atoms with Gasteiger partial charge in [0, 0.05) is 31.4 Å². The Labute approximate surface area is 204 Å². The van der Waals surface area contributed by atoms with Crippen LogP contribution in [-0.2, 0) is 31.3 Å². The lowest BCUT2D eigenvalue weighted by atomic mass is 10.0. The lowest BCUT2D eigenvalue weighted by molar-refractivity contribution is -0.265. The molecule has 1 aromatic carbocycles. The van der Waals surface area contributed by atoms with Crippen LogP contribution >= 0.6 is 11.3 Å². The molecule has 2 heterocycles. The van der Waals surface area contributed by atoms with Gasteiger partial charge < -0.3 is 14.7 Å². The van der Waals surface area contributed by atoms with E-state index < -0.39 is 60.5 Å². The van der Waals surface area contributed by atoms with Gasteiger partial charge >= 0.3 is 18.3 Å². The van der Waals surface area contributed by atoms with E-state index in [4.69, 9.17) is 0 Å². The van der Waals surface area contributed by atoms with Crippen molar-refractivity contribution in [1.82, 2.24) is 4.31 Å². The van der Waals surface area contributed by atoms with E-state index >= 15 is 0 Å². The molecule has 3 rings (SSSR count). The molecule has 1 saturated heterocycles. The zero-order chi connectivity index (χ0) is 27.3. The van der Waals surface area contributed by atoms with Crippen molar-refractivity contribution in [1.29, 1.82) is 0 Å². The normalized spacial score (nSPS) is 19.7. The fourth-order valence-corrected chi connectivity index (χ4v) is 6.95. The average molecular weight is 565 g/mol. The summed E-state index contributed by atoms with van der Waals surface area (Å²) in [5.74, 6) is -3.15. The van der Waals surface area contributed by atoms with Crippen LogP contribution < -0.4 is 4.90 Å². The van der Waals surface area contributed by atoms with Gasteiger partial charge in [-0.1, -0.05) is 0 Å². The Bertz CT molecular complexity index is 1250. The first-order valence-corrected chi connectivity index (χ1v) is 12.3. The third-order valence-electron chi connectivity index (χ3n) is 5.56. The van der Waals surface area contributed by atoms with Gasteiger partial charge in [-0.3, -0.25) is 0 Å². The summed E-state index contributed by atoms with van der Waals surface area (Å²) in [5.41, 5.74) is -5.68. The van der Waals surface area contributed by atoms with Crippen LogP contribution in [0.2, 0.25) is 0 Å². The van der Waals surface area contributed by atoms with E-state index in [1.54, 1.807) is 0 Å². The molecule has 0 amide bonds. The van der Waals surface area contributed by atoms with Crippen molar-refractivity contribution in [3.05, 3.63) is 46.6 Å². The molecule has 1 fully saturated rings.